The number of ether oxygens (including phenoxy) is 1. The van der Waals surface area contributed by atoms with Crippen LogP contribution in [0.4, 0.5) is 5.82 Å². The molecule has 19 heavy (non-hydrogen) atoms. The molecule has 4 atom stereocenters. The zero-order valence-electron chi connectivity index (χ0n) is 11.0. The molecule has 1 saturated carbocycles. The molecule has 1 aromatic rings. The molecule has 1 aliphatic heterocycles. The fraction of sp³-hybridized carbons (Fsp3) is 0.571. The highest BCUT2D eigenvalue weighted by atomic mass is 16.5. The van der Waals surface area contributed by atoms with Crippen molar-refractivity contribution in [2.45, 2.75) is 38.0 Å². The lowest BCUT2D eigenvalue weighted by molar-refractivity contribution is -0.104. The number of hydrogen-bond acceptors (Lipinski definition) is 5. The van der Waals surface area contributed by atoms with Gasteiger partial charge >= 0.3 is 0 Å². The van der Waals surface area contributed by atoms with Gasteiger partial charge < -0.3 is 15.8 Å². The van der Waals surface area contributed by atoms with Gasteiger partial charge in [0.1, 0.15) is 5.82 Å². The Kier molecular flexibility index (Phi) is 3.13. The van der Waals surface area contributed by atoms with Crippen LogP contribution in [-0.2, 0) is 4.74 Å². The summed E-state index contributed by atoms with van der Waals surface area (Å²) in [5, 5.41) is 12.3. The van der Waals surface area contributed by atoms with Crippen LogP contribution in [0.1, 0.15) is 24.1 Å². The quantitative estimate of drug-likeness (QED) is 0.832. The largest absolute Gasteiger partial charge is 0.376 e. The van der Waals surface area contributed by atoms with E-state index in [-0.39, 0.29) is 18.2 Å². The van der Waals surface area contributed by atoms with Crippen LogP contribution in [0.2, 0.25) is 0 Å². The van der Waals surface area contributed by atoms with Crippen LogP contribution in [0.5, 0.6) is 0 Å². The minimum Gasteiger partial charge on any atom is -0.376 e. The van der Waals surface area contributed by atoms with Crippen molar-refractivity contribution in [1.29, 1.82) is 5.26 Å². The lowest BCUT2D eigenvalue weighted by Gasteiger charge is -2.52. The van der Waals surface area contributed by atoms with Crippen molar-refractivity contribution < 1.29 is 4.74 Å². The van der Waals surface area contributed by atoms with Gasteiger partial charge in [-0.05, 0) is 31.9 Å². The molecule has 0 bridgehead atoms. The van der Waals surface area contributed by atoms with Crippen molar-refractivity contribution in [2.24, 2.45) is 11.7 Å². The molecule has 1 aliphatic carbocycles. The molecule has 3 N–H and O–H groups in total. The van der Waals surface area contributed by atoms with Gasteiger partial charge in [-0.3, -0.25) is 0 Å². The summed E-state index contributed by atoms with van der Waals surface area (Å²) in [4.78, 5) is 4.40. The fourth-order valence-corrected chi connectivity index (χ4v) is 3.10. The fourth-order valence-electron chi connectivity index (χ4n) is 3.10. The Morgan fingerprint density at radius 2 is 2.37 bits per heavy atom. The summed E-state index contributed by atoms with van der Waals surface area (Å²) in [7, 11) is 0. The molecule has 2 fully saturated rings. The highest BCUT2D eigenvalue weighted by Crippen LogP contribution is 2.38. The zero-order valence-corrected chi connectivity index (χ0v) is 11.0. The van der Waals surface area contributed by atoms with Gasteiger partial charge in [0.2, 0.25) is 0 Å². The lowest BCUT2D eigenvalue weighted by atomic mass is 9.68. The van der Waals surface area contributed by atoms with E-state index in [2.05, 4.69) is 16.4 Å². The monoisotopic (exact) mass is 258 g/mol. The van der Waals surface area contributed by atoms with Gasteiger partial charge in [0.25, 0.3) is 0 Å². The van der Waals surface area contributed by atoms with Crippen LogP contribution in [0.3, 0.4) is 0 Å². The Balaban J connectivity index is 1.75. The van der Waals surface area contributed by atoms with Crippen LogP contribution in [0.15, 0.2) is 12.1 Å². The van der Waals surface area contributed by atoms with Crippen LogP contribution in [0, 0.1) is 24.2 Å². The number of nitrogens with one attached hydrogen (secondary N) is 1. The molecule has 0 radical (unpaired) electrons. The molecular weight excluding hydrogens is 240 g/mol. The van der Waals surface area contributed by atoms with E-state index < -0.39 is 0 Å². The molecule has 0 amide bonds. The summed E-state index contributed by atoms with van der Waals surface area (Å²) >= 11 is 0. The summed E-state index contributed by atoms with van der Waals surface area (Å²) < 4.78 is 5.78. The van der Waals surface area contributed by atoms with E-state index in [1.807, 2.05) is 6.92 Å². The van der Waals surface area contributed by atoms with Crippen molar-refractivity contribution in [1.82, 2.24) is 4.98 Å². The number of nitrogens with zero attached hydrogens (tertiary/aromatic N) is 2. The van der Waals surface area contributed by atoms with Crippen LogP contribution in [-0.4, -0.2) is 29.8 Å². The maximum absolute atomic E-state index is 8.98. The van der Waals surface area contributed by atoms with E-state index in [0.29, 0.717) is 17.3 Å². The van der Waals surface area contributed by atoms with Gasteiger partial charge in [-0.25, -0.2) is 4.98 Å². The number of aryl methyl sites for hydroxylation is 1. The first-order valence-electron chi connectivity index (χ1n) is 6.71. The minimum absolute atomic E-state index is 0.103. The zero-order chi connectivity index (χ0) is 13.4. The van der Waals surface area contributed by atoms with E-state index in [1.165, 1.54) is 0 Å². The highest BCUT2D eigenvalue weighted by Gasteiger charge is 2.50. The van der Waals surface area contributed by atoms with Crippen molar-refractivity contribution in [3.63, 3.8) is 0 Å². The maximum Gasteiger partial charge on any atom is 0.127 e. The van der Waals surface area contributed by atoms with E-state index in [1.54, 1.807) is 12.1 Å². The van der Waals surface area contributed by atoms with E-state index in [9.17, 15) is 0 Å². The number of anilines is 1. The number of fused-ring (bicyclic) bond motifs is 1. The van der Waals surface area contributed by atoms with Crippen LogP contribution < -0.4 is 11.1 Å². The molecule has 100 valence electrons. The molecule has 5 nitrogen and oxygen atoms in total. The molecule has 2 aliphatic rings. The first-order valence-corrected chi connectivity index (χ1v) is 6.71. The number of nitriles is 1. The van der Waals surface area contributed by atoms with Crippen molar-refractivity contribution >= 4 is 5.82 Å². The topological polar surface area (TPSA) is 84.0 Å². The SMILES string of the molecule is Cc1cc(C#N)cc(NC2C(N)C3CCCOC32)n1. The third-order valence-corrected chi connectivity index (χ3v) is 4.07. The summed E-state index contributed by atoms with van der Waals surface area (Å²) in [6, 6.07) is 5.88. The van der Waals surface area contributed by atoms with E-state index in [0.717, 1.165) is 25.1 Å². The second-order valence-corrected chi connectivity index (χ2v) is 5.38. The Morgan fingerprint density at radius 1 is 1.53 bits per heavy atom. The summed E-state index contributed by atoms with van der Waals surface area (Å²) in [6.45, 7) is 2.70. The molecule has 0 spiro atoms. The maximum atomic E-state index is 8.98. The number of rotatable bonds is 2. The summed E-state index contributed by atoms with van der Waals surface area (Å²) in [6.07, 6.45) is 2.44. The molecule has 4 unspecified atom stereocenters. The standard InChI is InChI=1S/C14H18N4O/c1-8-5-9(7-15)6-11(17-8)18-13-12(16)10-3-2-4-19-14(10)13/h5-6,10,12-14H,2-4,16H2,1H3,(H,17,18). The number of aromatic nitrogens is 1. The molecule has 5 heteroatoms. The number of hydrogen-bond donors (Lipinski definition) is 2. The van der Waals surface area contributed by atoms with Crippen LogP contribution >= 0.6 is 0 Å². The molecule has 1 saturated heterocycles. The second kappa shape index (κ2) is 4.80. The second-order valence-electron chi connectivity index (χ2n) is 5.38. The van der Waals surface area contributed by atoms with Crippen molar-refractivity contribution in [3.05, 3.63) is 23.4 Å². The average molecular weight is 258 g/mol. The highest BCUT2D eigenvalue weighted by molar-refractivity contribution is 5.46. The summed E-state index contributed by atoms with van der Waals surface area (Å²) in [5.41, 5.74) is 7.64. The number of pyridine rings is 1. The lowest BCUT2D eigenvalue weighted by Crippen LogP contribution is -2.69. The van der Waals surface area contributed by atoms with Gasteiger partial charge in [0.15, 0.2) is 0 Å². The summed E-state index contributed by atoms with van der Waals surface area (Å²) in [5.74, 6) is 1.18. The molecule has 1 aromatic heterocycles. The molecule has 3 rings (SSSR count). The van der Waals surface area contributed by atoms with Gasteiger partial charge in [0, 0.05) is 24.3 Å². The van der Waals surface area contributed by atoms with Crippen LogP contribution in [0.25, 0.3) is 0 Å². The Morgan fingerprint density at radius 3 is 3.16 bits per heavy atom. The van der Waals surface area contributed by atoms with E-state index >= 15 is 0 Å². The molecular formula is C14H18N4O. The minimum atomic E-state index is 0.103. The smallest absolute Gasteiger partial charge is 0.127 e. The first-order chi connectivity index (χ1) is 9.19. The van der Waals surface area contributed by atoms with Gasteiger partial charge in [-0.2, -0.15) is 5.26 Å². The van der Waals surface area contributed by atoms with Gasteiger partial charge in [-0.1, -0.05) is 0 Å². The van der Waals surface area contributed by atoms with Crippen molar-refractivity contribution in [3.8, 4) is 6.07 Å². The Bertz CT molecular complexity index is 525. The number of nitrogens with two attached hydrogens (primary N) is 1. The van der Waals surface area contributed by atoms with Gasteiger partial charge in [0.05, 0.1) is 23.8 Å². The normalized spacial score (nSPS) is 32.9. The first kappa shape index (κ1) is 12.4. The predicted molar refractivity (Wildman–Crippen MR) is 71.5 cm³/mol. The third kappa shape index (κ3) is 2.18. The van der Waals surface area contributed by atoms with Gasteiger partial charge in [-0.15, -0.1) is 0 Å². The molecule has 0 aromatic carbocycles. The van der Waals surface area contributed by atoms with Crippen molar-refractivity contribution in [2.75, 3.05) is 11.9 Å². The third-order valence-electron chi connectivity index (χ3n) is 4.07. The van der Waals surface area contributed by atoms with E-state index in [4.69, 9.17) is 15.7 Å². The average Bonchev–Trinajstić information content (AvgIpc) is 2.43. The predicted octanol–water partition coefficient (Wildman–Crippen LogP) is 1.18. The molecule has 2 heterocycles. The Hall–Kier alpha value is -1.64. The Labute approximate surface area is 112 Å².